The summed E-state index contributed by atoms with van der Waals surface area (Å²) in [7, 11) is 3.97. The van der Waals surface area contributed by atoms with Crippen LogP contribution in [-0.4, -0.2) is 49.5 Å². The van der Waals surface area contributed by atoms with Gasteiger partial charge in [0.25, 0.3) is 0 Å². The number of esters is 2. The Morgan fingerprint density at radius 1 is 0.914 bits per heavy atom. The minimum Gasteiger partial charge on any atom is -0.497 e. The Morgan fingerprint density at radius 2 is 1.57 bits per heavy atom. The van der Waals surface area contributed by atoms with E-state index in [0.29, 0.717) is 28.9 Å². The van der Waals surface area contributed by atoms with Crippen molar-refractivity contribution in [3.63, 3.8) is 0 Å². The van der Waals surface area contributed by atoms with Gasteiger partial charge in [-0.05, 0) is 62.2 Å². The van der Waals surface area contributed by atoms with Crippen molar-refractivity contribution in [1.29, 1.82) is 0 Å². The minimum absolute atomic E-state index is 0.236. The van der Waals surface area contributed by atoms with Gasteiger partial charge in [0.2, 0.25) is 0 Å². The first-order chi connectivity index (χ1) is 16.6. The van der Waals surface area contributed by atoms with Gasteiger partial charge in [0, 0.05) is 17.5 Å². The predicted octanol–water partition coefficient (Wildman–Crippen LogP) is 4.75. The van der Waals surface area contributed by atoms with E-state index in [4.69, 9.17) is 18.9 Å². The third kappa shape index (κ3) is 5.90. The van der Waals surface area contributed by atoms with Crippen molar-refractivity contribution >= 4 is 35.0 Å². The number of benzene rings is 2. The Kier molecular flexibility index (Phi) is 7.64. The molecule has 0 atom stereocenters. The molecule has 184 valence electrons. The molecule has 0 aliphatic heterocycles. The molecule has 0 unspecified atom stereocenters. The van der Waals surface area contributed by atoms with Crippen molar-refractivity contribution in [2.45, 2.75) is 32.8 Å². The highest BCUT2D eigenvalue weighted by Crippen LogP contribution is 2.28. The summed E-state index contributed by atoms with van der Waals surface area (Å²) in [5, 5.41) is 0.808. The van der Waals surface area contributed by atoms with Crippen LogP contribution in [-0.2, 0) is 30.2 Å². The van der Waals surface area contributed by atoms with Crippen LogP contribution < -0.4 is 4.74 Å². The molecule has 1 heterocycles. The third-order valence-electron chi connectivity index (χ3n) is 5.20. The van der Waals surface area contributed by atoms with E-state index < -0.39 is 23.6 Å². The van der Waals surface area contributed by atoms with Crippen LogP contribution in [0.3, 0.4) is 0 Å². The number of aromatic nitrogens is 1. The molecule has 1 aromatic heterocycles. The predicted molar refractivity (Wildman–Crippen MR) is 131 cm³/mol. The number of rotatable bonds is 6. The average molecular weight is 480 g/mol. The van der Waals surface area contributed by atoms with E-state index in [1.807, 2.05) is 24.3 Å². The maximum absolute atomic E-state index is 13.2. The molecule has 0 aliphatic carbocycles. The van der Waals surface area contributed by atoms with Gasteiger partial charge >= 0.3 is 18.0 Å². The summed E-state index contributed by atoms with van der Waals surface area (Å²) in [6.45, 7) is 5.42. The lowest BCUT2D eigenvalue weighted by Crippen LogP contribution is -2.28. The molecule has 0 bridgehead atoms. The zero-order valence-electron chi connectivity index (χ0n) is 20.7. The molecular weight excluding hydrogens is 450 g/mol. The molecular formula is C27H29NO7. The molecule has 0 spiro atoms. The number of fused-ring (bicyclic) bond motifs is 1. The van der Waals surface area contributed by atoms with Gasteiger partial charge in [0.05, 0.1) is 26.8 Å². The van der Waals surface area contributed by atoms with Gasteiger partial charge in [-0.15, -0.1) is 0 Å². The Labute approximate surface area is 204 Å². The van der Waals surface area contributed by atoms with Crippen LogP contribution in [0.1, 0.15) is 37.6 Å². The standard InChI is InChI=1S/C27H29NO7/c1-27(2,3)35-26(31)28-20(14-19-15-21(32-4)11-12-23(19)28)13-17-9-7-8-10-18(17)16-22(24(29)33-5)25(30)34-6/h7-12,14-16H,13H2,1-6H3. The number of carbonyl (C=O) groups excluding carboxylic acids is 3. The van der Waals surface area contributed by atoms with Crippen LogP contribution in [0.15, 0.2) is 54.1 Å². The number of ether oxygens (including phenoxy) is 4. The molecule has 8 heteroatoms. The zero-order valence-corrected chi connectivity index (χ0v) is 20.7. The van der Waals surface area contributed by atoms with E-state index in [-0.39, 0.29) is 5.57 Å². The summed E-state index contributed by atoms with van der Waals surface area (Å²) in [6, 6.07) is 14.6. The second-order valence-corrected chi connectivity index (χ2v) is 8.79. The first-order valence-corrected chi connectivity index (χ1v) is 11.0. The first-order valence-electron chi connectivity index (χ1n) is 11.0. The molecule has 35 heavy (non-hydrogen) atoms. The molecule has 0 N–H and O–H groups in total. The smallest absolute Gasteiger partial charge is 0.419 e. The van der Waals surface area contributed by atoms with Gasteiger partial charge in [-0.25, -0.2) is 19.0 Å². The molecule has 0 amide bonds. The van der Waals surface area contributed by atoms with E-state index in [2.05, 4.69) is 0 Å². The molecule has 0 radical (unpaired) electrons. The SMILES string of the molecule is COC(=O)C(=Cc1ccccc1Cc1cc2cc(OC)ccc2n1C(=O)OC(C)(C)C)C(=O)OC. The van der Waals surface area contributed by atoms with Crippen LogP contribution in [0.2, 0.25) is 0 Å². The zero-order chi connectivity index (χ0) is 25.8. The van der Waals surface area contributed by atoms with Crippen molar-refractivity contribution in [3.05, 3.63) is 70.9 Å². The number of carbonyl (C=O) groups is 3. The van der Waals surface area contributed by atoms with Crippen LogP contribution in [0.4, 0.5) is 4.79 Å². The molecule has 0 saturated carbocycles. The summed E-state index contributed by atoms with van der Waals surface area (Å²) < 4.78 is 22.0. The molecule has 0 aliphatic rings. The fourth-order valence-electron chi connectivity index (χ4n) is 3.64. The lowest BCUT2D eigenvalue weighted by molar-refractivity contribution is -0.143. The van der Waals surface area contributed by atoms with Crippen LogP contribution >= 0.6 is 0 Å². The third-order valence-corrected chi connectivity index (χ3v) is 5.20. The fourth-order valence-corrected chi connectivity index (χ4v) is 3.64. The van der Waals surface area contributed by atoms with Crippen LogP contribution in [0.5, 0.6) is 5.75 Å². The lowest BCUT2D eigenvalue weighted by atomic mass is 10.0. The summed E-state index contributed by atoms with van der Waals surface area (Å²) in [4.78, 5) is 37.5. The quantitative estimate of drug-likeness (QED) is 0.166. The second-order valence-electron chi connectivity index (χ2n) is 8.79. The summed E-state index contributed by atoms with van der Waals surface area (Å²) in [5.41, 5.74) is 1.80. The van der Waals surface area contributed by atoms with Gasteiger partial charge in [-0.3, -0.25) is 0 Å². The number of nitrogens with zero attached hydrogens (tertiary/aromatic N) is 1. The normalized spacial score (nSPS) is 11.0. The van der Waals surface area contributed by atoms with E-state index in [1.165, 1.54) is 24.9 Å². The van der Waals surface area contributed by atoms with E-state index >= 15 is 0 Å². The summed E-state index contributed by atoms with van der Waals surface area (Å²) in [5.74, 6) is -0.947. The molecule has 2 aromatic carbocycles. The van der Waals surface area contributed by atoms with Crippen molar-refractivity contribution in [2.24, 2.45) is 0 Å². The molecule has 0 fully saturated rings. The topological polar surface area (TPSA) is 93.1 Å². The number of hydrogen-bond acceptors (Lipinski definition) is 7. The van der Waals surface area contributed by atoms with Crippen molar-refractivity contribution in [1.82, 2.24) is 4.57 Å². The van der Waals surface area contributed by atoms with Crippen LogP contribution in [0.25, 0.3) is 17.0 Å². The highest BCUT2D eigenvalue weighted by atomic mass is 16.6. The Morgan fingerprint density at radius 3 is 2.17 bits per heavy atom. The fraction of sp³-hybridized carbons (Fsp3) is 0.296. The molecule has 3 aromatic rings. The van der Waals surface area contributed by atoms with E-state index in [0.717, 1.165) is 10.9 Å². The Hall–Kier alpha value is -4.07. The maximum atomic E-state index is 13.2. The lowest BCUT2D eigenvalue weighted by Gasteiger charge is -2.21. The van der Waals surface area contributed by atoms with Crippen LogP contribution in [0, 0.1) is 0 Å². The minimum atomic E-state index is -0.804. The molecule has 0 saturated heterocycles. The van der Waals surface area contributed by atoms with E-state index in [9.17, 15) is 14.4 Å². The van der Waals surface area contributed by atoms with E-state index in [1.54, 1.807) is 52.1 Å². The number of hydrogen-bond donors (Lipinski definition) is 0. The van der Waals surface area contributed by atoms with Crippen molar-refractivity contribution < 1.29 is 33.3 Å². The second kappa shape index (κ2) is 10.5. The van der Waals surface area contributed by atoms with Gasteiger partial charge in [0.1, 0.15) is 16.9 Å². The highest BCUT2D eigenvalue weighted by Gasteiger charge is 2.24. The average Bonchev–Trinajstić information content (AvgIpc) is 3.18. The highest BCUT2D eigenvalue weighted by molar-refractivity contribution is 6.17. The van der Waals surface area contributed by atoms with Gasteiger partial charge in [-0.2, -0.15) is 0 Å². The monoisotopic (exact) mass is 479 g/mol. The maximum Gasteiger partial charge on any atom is 0.419 e. The largest absolute Gasteiger partial charge is 0.497 e. The van der Waals surface area contributed by atoms with Crippen molar-refractivity contribution in [2.75, 3.05) is 21.3 Å². The van der Waals surface area contributed by atoms with Gasteiger partial charge < -0.3 is 18.9 Å². The Bertz CT molecular complexity index is 1280. The van der Waals surface area contributed by atoms with Gasteiger partial charge in [0.15, 0.2) is 0 Å². The Balaban J connectivity index is 2.14. The number of methoxy groups -OCH3 is 3. The van der Waals surface area contributed by atoms with Crippen molar-refractivity contribution in [3.8, 4) is 5.75 Å². The summed E-state index contributed by atoms with van der Waals surface area (Å²) in [6.07, 6.45) is 1.24. The molecule has 8 nitrogen and oxygen atoms in total. The first kappa shape index (κ1) is 25.6. The summed E-state index contributed by atoms with van der Waals surface area (Å²) >= 11 is 0. The molecule has 3 rings (SSSR count). The van der Waals surface area contributed by atoms with Gasteiger partial charge in [-0.1, -0.05) is 24.3 Å².